The first-order valence-corrected chi connectivity index (χ1v) is 10.9. The molecule has 1 unspecified atom stereocenters. The standard InChI is InChI=1S/C23H25FN6O2/c1-2-10-29-11-4-3-8-19(29)30-12-9-16(14-30)32-22-20-15(6-5-7-17(20)24)13-18(25-22)21-26-23(31)28-27-21/h3-8,11,13,16,19H,2,9-10,12,14H2,1H3,(H2,26,27,28,31)/t16-,19?/m0/s1. The average Bonchev–Trinajstić information content (AvgIpc) is 3.43. The van der Waals surface area contributed by atoms with E-state index in [0.717, 1.165) is 25.9 Å². The normalized spacial score (nSPS) is 21.0. The summed E-state index contributed by atoms with van der Waals surface area (Å²) >= 11 is 0. The molecule has 0 bridgehead atoms. The summed E-state index contributed by atoms with van der Waals surface area (Å²) in [6.07, 6.45) is 10.4. The molecule has 2 aromatic heterocycles. The van der Waals surface area contributed by atoms with Crippen LogP contribution in [0.4, 0.5) is 4.39 Å². The summed E-state index contributed by atoms with van der Waals surface area (Å²) in [5, 5.41) is 7.26. The molecular formula is C23H25FN6O2. The van der Waals surface area contributed by atoms with Crippen molar-refractivity contribution < 1.29 is 9.13 Å². The minimum Gasteiger partial charge on any atom is -0.472 e. The van der Waals surface area contributed by atoms with Gasteiger partial charge in [-0.1, -0.05) is 25.1 Å². The van der Waals surface area contributed by atoms with Gasteiger partial charge in [-0.3, -0.25) is 9.88 Å². The lowest BCUT2D eigenvalue weighted by Gasteiger charge is -2.36. The van der Waals surface area contributed by atoms with Gasteiger partial charge in [0.1, 0.15) is 23.8 Å². The molecule has 0 saturated carbocycles. The van der Waals surface area contributed by atoms with Crippen molar-refractivity contribution in [2.45, 2.75) is 32.0 Å². The van der Waals surface area contributed by atoms with Crippen LogP contribution >= 0.6 is 0 Å². The zero-order valence-corrected chi connectivity index (χ0v) is 17.8. The smallest absolute Gasteiger partial charge is 0.340 e. The predicted octanol–water partition coefficient (Wildman–Crippen LogP) is 3.03. The Morgan fingerprint density at radius 2 is 2.22 bits per heavy atom. The number of benzene rings is 1. The van der Waals surface area contributed by atoms with Crippen molar-refractivity contribution in [2.75, 3.05) is 19.6 Å². The highest BCUT2D eigenvalue weighted by atomic mass is 19.1. The van der Waals surface area contributed by atoms with Crippen LogP contribution in [0.1, 0.15) is 19.8 Å². The number of halogens is 1. The number of likely N-dealkylation sites (tertiary alicyclic amines) is 1. The Morgan fingerprint density at radius 1 is 1.31 bits per heavy atom. The number of aromatic nitrogens is 4. The first-order valence-electron chi connectivity index (χ1n) is 10.9. The molecule has 0 spiro atoms. The second-order valence-electron chi connectivity index (χ2n) is 8.08. The third-order valence-electron chi connectivity index (χ3n) is 5.84. The summed E-state index contributed by atoms with van der Waals surface area (Å²) in [5.41, 5.74) is -0.0120. The maximum Gasteiger partial charge on any atom is 0.340 e. The third-order valence-corrected chi connectivity index (χ3v) is 5.84. The van der Waals surface area contributed by atoms with E-state index in [9.17, 15) is 9.18 Å². The van der Waals surface area contributed by atoms with Crippen molar-refractivity contribution in [2.24, 2.45) is 0 Å². The molecule has 2 aliphatic rings. The summed E-state index contributed by atoms with van der Waals surface area (Å²) in [6, 6.07) is 6.53. The number of fused-ring (bicyclic) bond motifs is 1. The van der Waals surface area contributed by atoms with E-state index >= 15 is 0 Å². The maximum absolute atomic E-state index is 14.7. The van der Waals surface area contributed by atoms with Crippen molar-refractivity contribution in [1.29, 1.82) is 0 Å². The minimum atomic E-state index is -0.429. The summed E-state index contributed by atoms with van der Waals surface area (Å²) in [5.74, 6) is 0.112. The first-order chi connectivity index (χ1) is 15.6. The molecule has 166 valence electrons. The quantitative estimate of drug-likeness (QED) is 0.617. The van der Waals surface area contributed by atoms with Crippen LogP contribution < -0.4 is 10.4 Å². The number of hydrogen-bond acceptors (Lipinski definition) is 6. The van der Waals surface area contributed by atoms with Crippen LogP contribution in [-0.4, -0.2) is 61.9 Å². The van der Waals surface area contributed by atoms with E-state index < -0.39 is 11.5 Å². The van der Waals surface area contributed by atoms with Crippen LogP contribution in [0.2, 0.25) is 0 Å². The predicted molar refractivity (Wildman–Crippen MR) is 120 cm³/mol. The number of H-pyrrole nitrogens is 2. The van der Waals surface area contributed by atoms with E-state index in [1.807, 2.05) is 0 Å². The molecule has 9 heteroatoms. The number of nitrogens with one attached hydrogen (secondary N) is 2. The molecule has 2 N–H and O–H groups in total. The fourth-order valence-electron chi connectivity index (χ4n) is 4.40. The molecule has 2 atom stereocenters. The van der Waals surface area contributed by atoms with E-state index in [2.05, 4.69) is 61.3 Å². The van der Waals surface area contributed by atoms with Crippen LogP contribution in [-0.2, 0) is 0 Å². The molecular weight excluding hydrogens is 411 g/mol. The van der Waals surface area contributed by atoms with Crippen LogP contribution in [0.3, 0.4) is 0 Å². The lowest BCUT2D eigenvalue weighted by molar-refractivity contribution is 0.116. The second kappa shape index (κ2) is 8.58. The van der Waals surface area contributed by atoms with Gasteiger partial charge in [0, 0.05) is 25.8 Å². The Labute approximate surface area is 184 Å². The number of ether oxygens (including phenoxy) is 1. The highest BCUT2D eigenvalue weighted by Crippen LogP contribution is 2.32. The zero-order chi connectivity index (χ0) is 22.1. The summed E-state index contributed by atoms with van der Waals surface area (Å²) in [7, 11) is 0. The van der Waals surface area contributed by atoms with Gasteiger partial charge in [-0.25, -0.2) is 19.3 Å². The van der Waals surface area contributed by atoms with Crippen molar-refractivity contribution in [3.05, 3.63) is 65.0 Å². The Morgan fingerprint density at radius 3 is 3.03 bits per heavy atom. The molecule has 5 rings (SSSR count). The SMILES string of the molecule is CCCN1C=CC=CC1N1CC[C@H](Oc2nc(-c3n[nH]c(=O)[nH]3)cc3cccc(F)c23)C1. The fourth-order valence-corrected chi connectivity index (χ4v) is 4.40. The highest BCUT2D eigenvalue weighted by molar-refractivity contribution is 5.90. The molecule has 8 nitrogen and oxygen atoms in total. The Balaban J connectivity index is 1.42. The molecule has 2 aliphatic heterocycles. The topological polar surface area (TPSA) is 90.1 Å². The van der Waals surface area contributed by atoms with E-state index in [4.69, 9.17) is 4.74 Å². The van der Waals surface area contributed by atoms with E-state index in [1.54, 1.807) is 18.2 Å². The Bertz CT molecular complexity index is 1230. The minimum absolute atomic E-state index is 0.124. The summed E-state index contributed by atoms with van der Waals surface area (Å²) in [6.45, 7) is 4.74. The van der Waals surface area contributed by atoms with Gasteiger partial charge in [0.25, 0.3) is 0 Å². The van der Waals surface area contributed by atoms with Gasteiger partial charge >= 0.3 is 5.69 Å². The van der Waals surface area contributed by atoms with Crippen molar-refractivity contribution in [3.63, 3.8) is 0 Å². The van der Waals surface area contributed by atoms with Gasteiger partial charge in [-0.2, -0.15) is 5.10 Å². The van der Waals surface area contributed by atoms with Crippen LogP contribution in [0.5, 0.6) is 5.88 Å². The van der Waals surface area contributed by atoms with Gasteiger partial charge in [-0.05, 0) is 42.5 Å². The zero-order valence-electron chi connectivity index (χ0n) is 17.8. The van der Waals surface area contributed by atoms with Crippen molar-refractivity contribution in [3.8, 4) is 17.4 Å². The molecule has 32 heavy (non-hydrogen) atoms. The Hall–Kier alpha value is -3.46. The molecule has 1 fully saturated rings. The van der Waals surface area contributed by atoms with Crippen molar-refractivity contribution in [1.82, 2.24) is 30.0 Å². The number of rotatable bonds is 6. The summed E-state index contributed by atoms with van der Waals surface area (Å²) < 4.78 is 21.0. The number of nitrogens with zero attached hydrogens (tertiary/aromatic N) is 4. The number of aromatic amines is 2. The molecule has 1 aromatic carbocycles. The number of hydrogen-bond donors (Lipinski definition) is 2. The molecule has 1 saturated heterocycles. The van der Waals surface area contributed by atoms with Crippen molar-refractivity contribution >= 4 is 10.8 Å². The highest BCUT2D eigenvalue weighted by Gasteiger charge is 2.32. The Kier molecular flexibility index (Phi) is 5.48. The van der Waals surface area contributed by atoms with E-state index in [0.29, 0.717) is 23.0 Å². The first kappa shape index (κ1) is 20.4. The van der Waals surface area contributed by atoms with Gasteiger partial charge in [0.05, 0.1) is 5.39 Å². The molecule has 0 aliphatic carbocycles. The molecule has 3 aromatic rings. The lowest BCUT2D eigenvalue weighted by atomic mass is 10.1. The lowest BCUT2D eigenvalue weighted by Crippen LogP contribution is -2.45. The third kappa shape index (κ3) is 3.91. The second-order valence-corrected chi connectivity index (χ2v) is 8.08. The maximum atomic E-state index is 14.7. The monoisotopic (exact) mass is 436 g/mol. The molecule has 0 amide bonds. The summed E-state index contributed by atoms with van der Waals surface area (Å²) in [4.78, 5) is 23.3. The van der Waals surface area contributed by atoms with Crippen LogP contribution in [0, 0.1) is 5.82 Å². The molecule has 0 radical (unpaired) electrons. The molecule has 4 heterocycles. The van der Waals surface area contributed by atoms with Gasteiger partial charge in [0.2, 0.25) is 5.88 Å². The fraction of sp³-hybridized carbons (Fsp3) is 0.348. The largest absolute Gasteiger partial charge is 0.472 e. The van der Waals surface area contributed by atoms with Crippen LogP contribution in [0.15, 0.2) is 53.5 Å². The van der Waals surface area contributed by atoms with Gasteiger partial charge in [0.15, 0.2) is 5.82 Å². The van der Waals surface area contributed by atoms with Gasteiger partial charge in [-0.15, -0.1) is 0 Å². The van der Waals surface area contributed by atoms with Crippen LogP contribution in [0.25, 0.3) is 22.3 Å². The average molecular weight is 436 g/mol. The number of allylic oxidation sites excluding steroid dienone is 2. The van der Waals surface area contributed by atoms with E-state index in [1.165, 1.54) is 6.07 Å². The number of pyridine rings is 1. The van der Waals surface area contributed by atoms with E-state index in [-0.39, 0.29) is 24.0 Å². The van der Waals surface area contributed by atoms with Gasteiger partial charge < -0.3 is 9.64 Å².